The fourth-order valence-electron chi connectivity index (χ4n) is 1.27. The third kappa shape index (κ3) is 2.39. The number of piperidine rings is 1. The first-order chi connectivity index (χ1) is 5.00. The standard InChI is InChI=1S/C6H14N2O3/c1-8(10,11)7-4-2-3-6(9)5-7/h6,9-10H,2-5H2,1H3. The van der Waals surface area contributed by atoms with E-state index in [4.69, 9.17) is 10.3 Å². The lowest BCUT2D eigenvalue weighted by Gasteiger charge is -2.41. The fraction of sp³-hybridized carbons (Fsp3) is 1.00. The van der Waals surface area contributed by atoms with E-state index in [1.54, 1.807) is 0 Å². The van der Waals surface area contributed by atoms with E-state index in [2.05, 4.69) is 0 Å². The number of hydrogen-bond donors (Lipinski definition) is 2. The van der Waals surface area contributed by atoms with Crippen molar-refractivity contribution in [3.8, 4) is 0 Å². The Morgan fingerprint density at radius 1 is 1.64 bits per heavy atom. The predicted octanol–water partition coefficient (Wildman–Crippen LogP) is -0.308. The lowest BCUT2D eigenvalue weighted by atomic mass is 10.1. The first kappa shape index (κ1) is 8.89. The van der Waals surface area contributed by atoms with Crippen LogP contribution in [0.3, 0.4) is 0 Å². The number of rotatable bonds is 1. The molecule has 0 radical (unpaired) electrons. The molecule has 5 heteroatoms. The molecule has 0 spiro atoms. The predicted molar refractivity (Wildman–Crippen MR) is 38.2 cm³/mol. The number of hydroxylamine groups is 2. The van der Waals surface area contributed by atoms with Gasteiger partial charge in [0.05, 0.1) is 19.2 Å². The summed E-state index contributed by atoms with van der Waals surface area (Å²) in [6.07, 6.45) is 1.01. The summed E-state index contributed by atoms with van der Waals surface area (Å²) in [5.74, 6) is 0. The maximum atomic E-state index is 10.9. The van der Waals surface area contributed by atoms with Crippen molar-refractivity contribution in [2.75, 3.05) is 20.1 Å². The Morgan fingerprint density at radius 2 is 2.27 bits per heavy atom. The number of nitrogens with zero attached hydrogens (tertiary/aromatic N) is 2. The topological polar surface area (TPSA) is 66.8 Å². The molecule has 1 aliphatic rings. The first-order valence-corrected chi connectivity index (χ1v) is 3.74. The molecule has 11 heavy (non-hydrogen) atoms. The van der Waals surface area contributed by atoms with Gasteiger partial charge in [-0.05, 0) is 12.8 Å². The molecule has 2 unspecified atom stereocenters. The van der Waals surface area contributed by atoms with Crippen molar-refractivity contribution >= 4 is 0 Å². The van der Waals surface area contributed by atoms with Crippen LogP contribution in [0.5, 0.6) is 0 Å². The van der Waals surface area contributed by atoms with Crippen molar-refractivity contribution in [1.82, 2.24) is 5.01 Å². The zero-order chi connectivity index (χ0) is 8.48. The maximum Gasteiger partial charge on any atom is 0.118 e. The SMILES string of the molecule is C[N+]([O-])(O)N1CCCC(O)C1. The summed E-state index contributed by atoms with van der Waals surface area (Å²) in [6.45, 7) is 0.810. The summed E-state index contributed by atoms with van der Waals surface area (Å²) in [5.41, 5.74) is 0. The Labute approximate surface area is 65.5 Å². The molecule has 0 aliphatic carbocycles. The molecule has 1 aliphatic heterocycles. The van der Waals surface area contributed by atoms with Gasteiger partial charge in [0.1, 0.15) is 7.05 Å². The summed E-state index contributed by atoms with van der Waals surface area (Å²) >= 11 is 0. The normalized spacial score (nSPS) is 33.3. The van der Waals surface area contributed by atoms with E-state index < -0.39 is 11.0 Å². The highest BCUT2D eigenvalue weighted by molar-refractivity contribution is 4.65. The average Bonchev–Trinajstić information content (AvgIpc) is 1.86. The van der Waals surface area contributed by atoms with Gasteiger partial charge in [0.25, 0.3) is 0 Å². The molecular weight excluding hydrogens is 148 g/mol. The highest BCUT2D eigenvalue weighted by Crippen LogP contribution is 2.13. The van der Waals surface area contributed by atoms with Crippen molar-refractivity contribution in [3.05, 3.63) is 5.21 Å². The first-order valence-electron chi connectivity index (χ1n) is 3.74. The maximum absolute atomic E-state index is 10.9. The minimum atomic E-state index is -1.42. The van der Waals surface area contributed by atoms with Crippen LogP contribution in [-0.4, -0.2) is 46.5 Å². The highest BCUT2D eigenvalue weighted by Gasteiger charge is 2.26. The number of aliphatic hydroxyl groups excluding tert-OH is 1. The van der Waals surface area contributed by atoms with Gasteiger partial charge in [-0.2, -0.15) is 5.21 Å². The van der Waals surface area contributed by atoms with E-state index in [9.17, 15) is 5.21 Å². The van der Waals surface area contributed by atoms with Gasteiger partial charge < -0.3 is 10.3 Å². The van der Waals surface area contributed by atoms with Crippen molar-refractivity contribution in [2.24, 2.45) is 0 Å². The Kier molecular flexibility index (Phi) is 2.46. The second-order valence-corrected chi connectivity index (χ2v) is 3.04. The third-order valence-corrected chi connectivity index (χ3v) is 1.90. The molecule has 5 nitrogen and oxygen atoms in total. The molecule has 0 saturated carbocycles. The molecule has 0 bridgehead atoms. The van der Waals surface area contributed by atoms with Gasteiger partial charge in [-0.15, -0.1) is 9.93 Å². The Balaban J connectivity index is 2.46. The zero-order valence-electron chi connectivity index (χ0n) is 6.60. The van der Waals surface area contributed by atoms with Crippen LogP contribution >= 0.6 is 0 Å². The number of β-amino-alcohol motifs (C(OH)–C–C–N with tert-alkyl or cyclic N) is 1. The number of quaternary nitrogens is 1. The summed E-state index contributed by atoms with van der Waals surface area (Å²) in [5, 5.41) is 30.3. The second kappa shape index (κ2) is 3.04. The summed E-state index contributed by atoms with van der Waals surface area (Å²) < 4.78 is 0. The smallest absolute Gasteiger partial charge is 0.118 e. The van der Waals surface area contributed by atoms with E-state index in [1.165, 1.54) is 5.01 Å². The van der Waals surface area contributed by atoms with E-state index in [0.717, 1.165) is 19.9 Å². The molecular formula is C6H14N2O3. The molecule has 0 aromatic heterocycles. The highest BCUT2D eigenvalue weighted by atomic mass is 16.9. The molecule has 0 aromatic rings. The zero-order valence-corrected chi connectivity index (χ0v) is 6.60. The molecule has 1 saturated heterocycles. The van der Waals surface area contributed by atoms with Gasteiger partial charge in [0, 0.05) is 0 Å². The van der Waals surface area contributed by atoms with Crippen LogP contribution in [0.15, 0.2) is 0 Å². The molecule has 0 amide bonds. The van der Waals surface area contributed by atoms with Gasteiger partial charge in [-0.1, -0.05) is 0 Å². The second-order valence-electron chi connectivity index (χ2n) is 3.04. The van der Waals surface area contributed by atoms with Crippen LogP contribution in [-0.2, 0) is 0 Å². The van der Waals surface area contributed by atoms with E-state index in [1.807, 2.05) is 0 Å². The Bertz CT molecular complexity index is 134. The molecule has 1 fully saturated rings. The monoisotopic (exact) mass is 162 g/mol. The van der Waals surface area contributed by atoms with Gasteiger partial charge in [0.2, 0.25) is 0 Å². The minimum Gasteiger partial charge on any atom is -0.578 e. The average molecular weight is 162 g/mol. The van der Waals surface area contributed by atoms with E-state index in [0.29, 0.717) is 6.54 Å². The van der Waals surface area contributed by atoms with E-state index >= 15 is 0 Å². The number of hydrogen-bond acceptors (Lipinski definition) is 4. The van der Waals surface area contributed by atoms with Crippen LogP contribution < -0.4 is 0 Å². The summed E-state index contributed by atoms with van der Waals surface area (Å²) in [4.78, 5) is -1.42. The summed E-state index contributed by atoms with van der Waals surface area (Å²) in [7, 11) is 1.14. The van der Waals surface area contributed by atoms with Crippen LogP contribution in [0.1, 0.15) is 12.8 Å². The van der Waals surface area contributed by atoms with Crippen LogP contribution in [0.25, 0.3) is 0 Å². The molecule has 1 heterocycles. The third-order valence-electron chi connectivity index (χ3n) is 1.90. The van der Waals surface area contributed by atoms with Crippen molar-refractivity contribution < 1.29 is 15.2 Å². The molecule has 2 atom stereocenters. The Hall–Kier alpha value is -0.200. The number of aliphatic hydroxyl groups is 1. The molecule has 1 rings (SSSR count). The minimum absolute atomic E-state index is 0.260. The molecule has 66 valence electrons. The van der Waals surface area contributed by atoms with Gasteiger partial charge >= 0.3 is 0 Å². The van der Waals surface area contributed by atoms with Crippen molar-refractivity contribution in [2.45, 2.75) is 18.9 Å². The largest absolute Gasteiger partial charge is 0.578 e. The van der Waals surface area contributed by atoms with E-state index in [-0.39, 0.29) is 6.54 Å². The Morgan fingerprint density at radius 3 is 2.64 bits per heavy atom. The van der Waals surface area contributed by atoms with Crippen LogP contribution in [0.2, 0.25) is 0 Å². The van der Waals surface area contributed by atoms with Crippen LogP contribution in [0.4, 0.5) is 0 Å². The fourth-order valence-corrected chi connectivity index (χ4v) is 1.27. The lowest BCUT2D eigenvalue weighted by molar-refractivity contribution is -1.14. The van der Waals surface area contributed by atoms with Crippen molar-refractivity contribution in [1.29, 1.82) is 0 Å². The van der Waals surface area contributed by atoms with Gasteiger partial charge in [0.15, 0.2) is 0 Å². The summed E-state index contributed by atoms with van der Waals surface area (Å²) in [6, 6.07) is 0. The molecule has 2 N–H and O–H groups in total. The molecule has 0 aromatic carbocycles. The van der Waals surface area contributed by atoms with Crippen molar-refractivity contribution in [3.63, 3.8) is 0 Å². The van der Waals surface area contributed by atoms with Gasteiger partial charge in [-0.25, -0.2) is 0 Å². The lowest BCUT2D eigenvalue weighted by Crippen LogP contribution is -2.55. The van der Waals surface area contributed by atoms with Crippen LogP contribution in [0, 0.1) is 5.21 Å². The van der Waals surface area contributed by atoms with Gasteiger partial charge in [-0.3, -0.25) is 0 Å². The quantitative estimate of drug-likeness (QED) is 0.410.